The Labute approximate surface area is 394 Å². The summed E-state index contributed by atoms with van der Waals surface area (Å²) in [5.74, 6) is -0.637. The summed E-state index contributed by atoms with van der Waals surface area (Å²) in [6.07, 6.45) is 0. The molecule has 0 saturated heterocycles. The maximum absolute atomic E-state index is 17.8. The van der Waals surface area contributed by atoms with E-state index in [0.717, 1.165) is 88.4 Å². The predicted molar refractivity (Wildman–Crippen MR) is 281 cm³/mol. The summed E-state index contributed by atoms with van der Waals surface area (Å²) in [5, 5.41) is 6.10. The van der Waals surface area contributed by atoms with Crippen LogP contribution in [0.4, 0.5) is 42.9 Å². The summed E-state index contributed by atoms with van der Waals surface area (Å²) in [4.78, 5) is 4.12. The minimum atomic E-state index is -0.319. The molecule has 0 aliphatic carbocycles. The molecule has 12 aromatic rings. The average Bonchev–Trinajstić information content (AvgIpc) is 3.41. The summed E-state index contributed by atoms with van der Waals surface area (Å²) < 4.78 is 35.5. The molecule has 0 aliphatic heterocycles. The van der Waals surface area contributed by atoms with Gasteiger partial charge in [-0.05, 0) is 116 Å². The Kier molecular flexibility index (Phi) is 10.3. The van der Waals surface area contributed by atoms with Crippen molar-refractivity contribution in [3.8, 4) is 44.5 Å². The first-order valence-corrected chi connectivity index (χ1v) is 22.9. The van der Waals surface area contributed by atoms with Crippen LogP contribution in [-0.2, 0) is 0 Å². The van der Waals surface area contributed by atoms with Gasteiger partial charge in [0.1, 0.15) is 0 Å². The van der Waals surface area contributed by atoms with Gasteiger partial charge in [-0.1, -0.05) is 194 Å². The number of benzene rings is 12. The first-order chi connectivity index (χ1) is 33.6. The average molecular weight is 877 g/mol. The van der Waals surface area contributed by atoms with E-state index in [2.05, 4.69) is 82.6 Å². The molecule has 0 radical (unpaired) electrons. The van der Waals surface area contributed by atoms with E-state index in [1.165, 1.54) is 0 Å². The fourth-order valence-corrected chi connectivity index (χ4v) is 9.92. The van der Waals surface area contributed by atoms with Crippen LogP contribution >= 0.6 is 0 Å². The van der Waals surface area contributed by atoms with Crippen LogP contribution in [0.2, 0.25) is 0 Å². The summed E-state index contributed by atoms with van der Waals surface area (Å²) >= 11 is 0. The number of hydrogen-bond acceptors (Lipinski definition) is 2. The first kappa shape index (κ1) is 40.6. The number of rotatable bonds is 10. The number of para-hydroxylation sites is 2. The highest BCUT2D eigenvalue weighted by Gasteiger charge is 2.27. The van der Waals surface area contributed by atoms with Crippen molar-refractivity contribution in [3.05, 3.63) is 266 Å². The third-order valence-electron chi connectivity index (χ3n) is 13.1. The molecule has 4 heteroatoms. The second kappa shape index (κ2) is 17.2. The molecule has 0 aliphatic rings. The van der Waals surface area contributed by atoms with E-state index in [-0.39, 0.29) is 11.6 Å². The van der Waals surface area contributed by atoms with E-state index in [0.29, 0.717) is 22.5 Å². The minimum Gasteiger partial charge on any atom is -0.307 e. The molecule has 12 aromatic carbocycles. The van der Waals surface area contributed by atoms with Gasteiger partial charge in [-0.15, -0.1) is 0 Å². The van der Waals surface area contributed by atoms with Crippen molar-refractivity contribution in [3.63, 3.8) is 0 Å². The summed E-state index contributed by atoms with van der Waals surface area (Å²) in [6, 6.07) is 84.9. The summed E-state index contributed by atoms with van der Waals surface area (Å²) in [5.41, 5.74) is 10.6. The summed E-state index contributed by atoms with van der Waals surface area (Å²) in [6.45, 7) is 0. The van der Waals surface area contributed by atoms with Gasteiger partial charge in [-0.2, -0.15) is 0 Å². The molecule has 2 nitrogen and oxygen atoms in total. The maximum atomic E-state index is 17.8. The van der Waals surface area contributed by atoms with Crippen LogP contribution in [0, 0.1) is 11.6 Å². The molecular formula is C64H42F2N2. The normalized spacial score (nSPS) is 11.4. The van der Waals surface area contributed by atoms with Crippen LogP contribution in [0.3, 0.4) is 0 Å². The zero-order chi connectivity index (χ0) is 45.6. The topological polar surface area (TPSA) is 6.48 Å². The van der Waals surface area contributed by atoms with Crippen molar-refractivity contribution in [2.75, 3.05) is 9.80 Å². The van der Waals surface area contributed by atoms with E-state index < -0.39 is 0 Å². The van der Waals surface area contributed by atoms with Gasteiger partial charge in [0, 0.05) is 33.3 Å². The SMILES string of the molecule is Fc1c(-c2ccccc2)cc(-c2ccccc2)cc1N(c1ccccc1)c1ccc2ccc3c(N(c4ccccc4)c4cc(-c5ccccc5)cc(-c5ccccc5)c4F)ccc4ccc1c2c43. The highest BCUT2D eigenvalue weighted by Crippen LogP contribution is 2.50. The molecule has 0 unspecified atom stereocenters. The molecule has 0 aromatic heterocycles. The Morgan fingerprint density at radius 3 is 0.912 bits per heavy atom. The molecule has 0 heterocycles. The molecule has 0 fully saturated rings. The quantitative estimate of drug-likeness (QED) is 0.126. The van der Waals surface area contributed by atoms with Crippen molar-refractivity contribution >= 4 is 66.4 Å². The van der Waals surface area contributed by atoms with Gasteiger partial charge in [-0.3, -0.25) is 0 Å². The molecule has 12 rings (SSSR count). The van der Waals surface area contributed by atoms with Gasteiger partial charge in [0.05, 0.1) is 22.7 Å². The van der Waals surface area contributed by atoms with Crippen molar-refractivity contribution in [2.24, 2.45) is 0 Å². The second-order valence-corrected chi connectivity index (χ2v) is 17.1. The predicted octanol–water partition coefficient (Wildman–Crippen LogP) is 18.5. The lowest BCUT2D eigenvalue weighted by molar-refractivity contribution is 0.632. The largest absolute Gasteiger partial charge is 0.307 e. The van der Waals surface area contributed by atoms with Crippen LogP contribution in [0.25, 0.3) is 76.8 Å². The zero-order valence-corrected chi connectivity index (χ0v) is 36.9. The van der Waals surface area contributed by atoms with E-state index in [1.807, 2.05) is 182 Å². The monoisotopic (exact) mass is 876 g/mol. The van der Waals surface area contributed by atoms with Crippen molar-refractivity contribution in [2.45, 2.75) is 0 Å². The standard InChI is InChI=1S/C64H42F2N2/c65-63-55(45-23-11-3-12-24-45)39-49(43-19-7-1-8-20-43)41-59(63)67(51-27-15-5-16-28-51)57-37-33-47-32-36-54-58(38-34-48-31-35-53(57)61(47)62(48)54)68(52-29-17-6-18-30-52)60-42-50(44-21-9-2-10-22-44)40-56(64(60)66)46-25-13-4-14-26-46/h1-42H. The second-order valence-electron chi connectivity index (χ2n) is 17.1. The maximum Gasteiger partial charge on any atom is 0.155 e. The van der Waals surface area contributed by atoms with Gasteiger partial charge in [0.25, 0.3) is 0 Å². The molecule has 0 atom stereocenters. The Hall–Kier alpha value is -8.86. The fourth-order valence-electron chi connectivity index (χ4n) is 9.92. The van der Waals surface area contributed by atoms with Gasteiger partial charge < -0.3 is 9.80 Å². The fraction of sp³-hybridized carbons (Fsp3) is 0. The molecule has 0 N–H and O–H groups in total. The Bertz CT molecular complexity index is 3480. The van der Waals surface area contributed by atoms with Gasteiger partial charge in [-0.25, -0.2) is 8.78 Å². The van der Waals surface area contributed by atoms with E-state index in [1.54, 1.807) is 0 Å². The van der Waals surface area contributed by atoms with E-state index in [4.69, 9.17) is 0 Å². The number of halogens is 2. The van der Waals surface area contributed by atoms with Gasteiger partial charge in [0.2, 0.25) is 0 Å². The third-order valence-corrected chi connectivity index (χ3v) is 13.1. The Morgan fingerprint density at radius 1 is 0.250 bits per heavy atom. The molecule has 0 amide bonds. The molecule has 0 spiro atoms. The van der Waals surface area contributed by atoms with E-state index in [9.17, 15) is 0 Å². The van der Waals surface area contributed by atoms with Crippen molar-refractivity contribution < 1.29 is 8.78 Å². The highest BCUT2D eigenvalue weighted by atomic mass is 19.1. The van der Waals surface area contributed by atoms with Crippen LogP contribution in [0.1, 0.15) is 0 Å². The minimum absolute atomic E-state index is 0.319. The van der Waals surface area contributed by atoms with Crippen LogP contribution in [0.15, 0.2) is 255 Å². The molecule has 68 heavy (non-hydrogen) atoms. The third kappa shape index (κ3) is 7.11. The van der Waals surface area contributed by atoms with Gasteiger partial charge in [0.15, 0.2) is 11.6 Å². The lowest BCUT2D eigenvalue weighted by Gasteiger charge is -2.30. The first-order valence-electron chi connectivity index (χ1n) is 22.9. The molecule has 0 bridgehead atoms. The molecular weight excluding hydrogens is 835 g/mol. The van der Waals surface area contributed by atoms with E-state index >= 15 is 8.78 Å². The van der Waals surface area contributed by atoms with Crippen LogP contribution in [-0.4, -0.2) is 0 Å². The van der Waals surface area contributed by atoms with Crippen LogP contribution < -0.4 is 9.80 Å². The lowest BCUT2D eigenvalue weighted by Crippen LogP contribution is -2.14. The van der Waals surface area contributed by atoms with Crippen molar-refractivity contribution in [1.29, 1.82) is 0 Å². The molecule has 322 valence electrons. The highest BCUT2D eigenvalue weighted by molar-refractivity contribution is 6.28. The number of anilines is 6. The number of nitrogens with zero attached hydrogens (tertiary/aromatic N) is 2. The smallest absolute Gasteiger partial charge is 0.155 e. The van der Waals surface area contributed by atoms with Gasteiger partial charge >= 0.3 is 0 Å². The van der Waals surface area contributed by atoms with Crippen molar-refractivity contribution in [1.82, 2.24) is 0 Å². The molecule has 0 saturated carbocycles. The lowest BCUT2D eigenvalue weighted by atomic mass is 9.91. The zero-order valence-electron chi connectivity index (χ0n) is 36.9. The van der Waals surface area contributed by atoms with Crippen LogP contribution in [0.5, 0.6) is 0 Å². The Morgan fingerprint density at radius 2 is 0.559 bits per heavy atom. The summed E-state index contributed by atoms with van der Waals surface area (Å²) in [7, 11) is 0. The number of hydrogen-bond donors (Lipinski definition) is 0. The Balaban J connectivity index is 1.12.